The van der Waals surface area contributed by atoms with E-state index in [1.54, 1.807) is 4.90 Å². The zero-order chi connectivity index (χ0) is 21.1. The van der Waals surface area contributed by atoms with Gasteiger partial charge in [0.05, 0.1) is 12.5 Å². The number of carbonyl (C=O) groups excluding carboxylic acids is 2. The van der Waals surface area contributed by atoms with Gasteiger partial charge in [-0.25, -0.2) is 0 Å². The van der Waals surface area contributed by atoms with Gasteiger partial charge < -0.3 is 10.2 Å². The maximum atomic E-state index is 12.9. The zero-order valence-electron chi connectivity index (χ0n) is 17.7. The fourth-order valence-electron chi connectivity index (χ4n) is 4.50. The normalized spacial score (nSPS) is 24.7. The monoisotopic (exact) mass is 409 g/mol. The Morgan fingerprint density at radius 2 is 1.97 bits per heavy atom. The molecule has 0 bridgehead atoms. The number of likely N-dealkylation sites (N-methyl/N-ethyl adjacent to an activating group) is 1. The summed E-state index contributed by atoms with van der Waals surface area (Å²) in [6.07, 6.45) is 1.18. The Labute approximate surface area is 177 Å². The molecule has 2 amide bonds. The minimum Gasteiger partial charge on any atom is -0.353 e. The topological polar surface area (TPSA) is 76.7 Å². The van der Waals surface area contributed by atoms with Crippen molar-refractivity contribution in [3.05, 3.63) is 48.0 Å². The van der Waals surface area contributed by atoms with Gasteiger partial charge in [0, 0.05) is 45.3 Å². The Hall–Kier alpha value is -2.48. The van der Waals surface area contributed by atoms with Crippen LogP contribution >= 0.6 is 0 Å². The first kappa shape index (κ1) is 20.8. The first-order chi connectivity index (χ1) is 14.5. The van der Waals surface area contributed by atoms with E-state index in [0.29, 0.717) is 25.7 Å². The predicted molar refractivity (Wildman–Crippen MR) is 118 cm³/mol. The Morgan fingerprint density at radius 3 is 2.77 bits per heavy atom. The summed E-state index contributed by atoms with van der Waals surface area (Å²) < 4.78 is 0. The van der Waals surface area contributed by atoms with Crippen LogP contribution < -0.4 is 16.2 Å². The number of nitrogens with one attached hydrogen (secondary N) is 3. The molecule has 4 rings (SSSR count). The Morgan fingerprint density at radius 1 is 1.17 bits per heavy atom. The number of hydrogen-bond acceptors (Lipinski definition) is 5. The summed E-state index contributed by atoms with van der Waals surface area (Å²) in [5, 5.41) is 5.32. The van der Waals surface area contributed by atoms with Crippen LogP contribution in [0.5, 0.6) is 0 Å². The van der Waals surface area contributed by atoms with Crippen molar-refractivity contribution in [1.29, 1.82) is 0 Å². The van der Waals surface area contributed by atoms with Crippen LogP contribution in [0, 0.1) is 0 Å². The molecule has 3 N–H and O–H groups in total. The van der Waals surface area contributed by atoms with Crippen molar-refractivity contribution in [2.45, 2.75) is 44.4 Å². The molecule has 2 aromatic rings. The smallest absolute Gasteiger partial charge is 0.237 e. The van der Waals surface area contributed by atoms with Crippen molar-refractivity contribution in [3.8, 4) is 0 Å². The number of rotatable bonds is 6. The molecule has 2 fully saturated rings. The SMILES string of the molecule is CC1CC(CN(C)C(=O)CC2C(=O)NCCN2Cc2cccc3ccccc23)NN1. The third kappa shape index (κ3) is 4.64. The molecule has 3 unspecified atom stereocenters. The van der Waals surface area contributed by atoms with E-state index in [0.717, 1.165) is 13.0 Å². The van der Waals surface area contributed by atoms with Crippen molar-refractivity contribution in [3.63, 3.8) is 0 Å². The number of carbonyl (C=O) groups is 2. The van der Waals surface area contributed by atoms with Crippen LogP contribution in [-0.2, 0) is 16.1 Å². The third-order valence-electron chi connectivity index (χ3n) is 6.15. The molecule has 160 valence electrons. The molecule has 0 radical (unpaired) electrons. The largest absolute Gasteiger partial charge is 0.353 e. The van der Waals surface area contributed by atoms with Crippen molar-refractivity contribution in [2.75, 3.05) is 26.7 Å². The van der Waals surface area contributed by atoms with Gasteiger partial charge in [-0.15, -0.1) is 0 Å². The van der Waals surface area contributed by atoms with E-state index in [-0.39, 0.29) is 24.3 Å². The molecule has 2 heterocycles. The Kier molecular flexibility index (Phi) is 6.32. The second-order valence-corrected chi connectivity index (χ2v) is 8.52. The molecule has 7 nitrogen and oxygen atoms in total. The molecule has 3 atom stereocenters. The molecular weight excluding hydrogens is 378 g/mol. The summed E-state index contributed by atoms with van der Waals surface area (Å²) in [6, 6.07) is 14.8. The van der Waals surface area contributed by atoms with E-state index in [1.165, 1.54) is 16.3 Å². The van der Waals surface area contributed by atoms with E-state index >= 15 is 0 Å². The van der Waals surface area contributed by atoms with Crippen LogP contribution in [0.25, 0.3) is 10.8 Å². The number of nitrogens with zero attached hydrogens (tertiary/aromatic N) is 2. The first-order valence-corrected chi connectivity index (χ1v) is 10.7. The third-order valence-corrected chi connectivity index (χ3v) is 6.15. The summed E-state index contributed by atoms with van der Waals surface area (Å²) in [7, 11) is 1.82. The molecule has 7 heteroatoms. The van der Waals surface area contributed by atoms with Crippen LogP contribution in [0.4, 0.5) is 0 Å². The van der Waals surface area contributed by atoms with Crippen molar-refractivity contribution >= 4 is 22.6 Å². The minimum atomic E-state index is -0.443. The van der Waals surface area contributed by atoms with Crippen molar-refractivity contribution < 1.29 is 9.59 Å². The highest BCUT2D eigenvalue weighted by atomic mass is 16.2. The van der Waals surface area contributed by atoms with Gasteiger partial charge in [-0.2, -0.15) is 0 Å². The van der Waals surface area contributed by atoms with Gasteiger partial charge in [0.1, 0.15) is 0 Å². The van der Waals surface area contributed by atoms with Gasteiger partial charge in [-0.3, -0.25) is 25.3 Å². The lowest BCUT2D eigenvalue weighted by Crippen LogP contribution is -2.56. The standard InChI is InChI=1S/C23H31N5O2/c1-16-12-19(26-25-16)15-27(2)22(29)13-21-23(30)24-10-11-28(21)14-18-8-5-7-17-6-3-4-9-20(17)18/h3-9,16,19,21,25-26H,10-15H2,1-2H3,(H,24,30). The number of hydrogen-bond donors (Lipinski definition) is 3. The minimum absolute atomic E-state index is 0.00122. The Bertz CT molecular complexity index is 912. The van der Waals surface area contributed by atoms with Crippen LogP contribution in [0.1, 0.15) is 25.3 Å². The van der Waals surface area contributed by atoms with Gasteiger partial charge in [0.15, 0.2) is 0 Å². The fraction of sp³-hybridized carbons (Fsp3) is 0.478. The number of piperazine rings is 1. The van der Waals surface area contributed by atoms with E-state index in [1.807, 2.05) is 19.2 Å². The molecule has 2 aromatic carbocycles. The van der Waals surface area contributed by atoms with Gasteiger partial charge in [-0.1, -0.05) is 42.5 Å². The number of benzene rings is 2. The molecule has 2 aliphatic rings. The van der Waals surface area contributed by atoms with Gasteiger partial charge in [0.25, 0.3) is 0 Å². The molecule has 0 spiro atoms. The molecule has 0 saturated carbocycles. The molecular formula is C23H31N5O2. The number of amides is 2. The van der Waals surface area contributed by atoms with Crippen molar-refractivity contribution in [1.82, 2.24) is 26.0 Å². The van der Waals surface area contributed by atoms with Crippen LogP contribution in [0.3, 0.4) is 0 Å². The quantitative estimate of drug-likeness (QED) is 0.669. The maximum Gasteiger partial charge on any atom is 0.237 e. The average molecular weight is 410 g/mol. The highest BCUT2D eigenvalue weighted by Gasteiger charge is 2.33. The molecule has 0 aliphatic carbocycles. The summed E-state index contributed by atoms with van der Waals surface area (Å²) in [4.78, 5) is 29.5. The van der Waals surface area contributed by atoms with Crippen LogP contribution in [-0.4, -0.2) is 66.4 Å². The molecule has 0 aromatic heterocycles. The second kappa shape index (κ2) is 9.12. The van der Waals surface area contributed by atoms with Gasteiger partial charge in [-0.05, 0) is 29.7 Å². The second-order valence-electron chi connectivity index (χ2n) is 8.52. The number of hydrazine groups is 1. The van der Waals surface area contributed by atoms with E-state index in [4.69, 9.17) is 0 Å². The predicted octanol–water partition coefficient (Wildman–Crippen LogP) is 1.24. The number of fused-ring (bicyclic) bond motifs is 1. The average Bonchev–Trinajstić information content (AvgIpc) is 3.15. The van der Waals surface area contributed by atoms with E-state index in [9.17, 15) is 9.59 Å². The Balaban J connectivity index is 1.45. The van der Waals surface area contributed by atoms with E-state index in [2.05, 4.69) is 58.3 Å². The highest BCUT2D eigenvalue weighted by Crippen LogP contribution is 2.22. The highest BCUT2D eigenvalue weighted by molar-refractivity contribution is 5.89. The van der Waals surface area contributed by atoms with Gasteiger partial charge >= 0.3 is 0 Å². The first-order valence-electron chi connectivity index (χ1n) is 10.7. The fourth-order valence-corrected chi connectivity index (χ4v) is 4.50. The van der Waals surface area contributed by atoms with Crippen LogP contribution in [0.15, 0.2) is 42.5 Å². The van der Waals surface area contributed by atoms with Gasteiger partial charge in [0.2, 0.25) is 11.8 Å². The molecule has 2 saturated heterocycles. The van der Waals surface area contributed by atoms with E-state index < -0.39 is 6.04 Å². The lowest BCUT2D eigenvalue weighted by Gasteiger charge is -2.35. The summed E-state index contributed by atoms with van der Waals surface area (Å²) in [6.45, 7) is 4.75. The lowest BCUT2D eigenvalue weighted by atomic mass is 10.0. The zero-order valence-corrected chi connectivity index (χ0v) is 17.7. The van der Waals surface area contributed by atoms with Crippen LogP contribution in [0.2, 0.25) is 0 Å². The summed E-state index contributed by atoms with van der Waals surface area (Å²) >= 11 is 0. The molecule has 2 aliphatic heterocycles. The maximum absolute atomic E-state index is 12.9. The summed E-state index contributed by atoms with van der Waals surface area (Å²) in [5.41, 5.74) is 7.60. The summed E-state index contributed by atoms with van der Waals surface area (Å²) in [5.74, 6) is -0.0566. The van der Waals surface area contributed by atoms with Crippen molar-refractivity contribution in [2.24, 2.45) is 0 Å². The lowest BCUT2D eigenvalue weighted by molar-refractivity contribution is -0.138. The molecule has 30 heavy (non-hydrogen) atoms.